The van der Waals surface area contributed by atoms with Crippen molar-refractivity contribution in [3.8, 4) is 0 Å². The maximum Gasteiger partial charge on any atom is 0.312 e. The van der Waals surface area contributed by atoms with E-state index in [1.54, 1.807) is 11.3 Å². The van der Waals surface area contributed by atoms with Crippen LogP contribution in [-0.4, -0.2) is 24.1 Å². The van der Waals surface area contributed by atoms with E-state index in [-0.39, 0.29) is 0 Å². The summed E-state index contributed by atoms with van der Waals surface area (Å²) in [5, 5.41) is 8.36. The van der Waals surface area contributed by atoms with Crippen LogP contribution in [0.25, 0.3) is 0 Å². The van der Waals surface area contributed by atoms with Crippen molar-refractivity contribution in [3.05, 3.63) is 11.1 Å². The highest BCUT2D eigenvalue weighted by Gasteiger charge is 1.96. The molecule has 5 nitrogen and oxygen atoms in total. The maximum absolute atomic E-state index is 10.3. The topological polar surface area (TPSA) is 80.0 Å². The smallest absolute Gasteiger partial charge is 0.312 e. The molecule has 1 heterocycles. The van der Waals surface area contributed by atoms with Crippen molar-refractivity contribution in [2.45, 2.75) is 6.92 Å². The van der Waals surface area contributed by atoms with Crippen LogP contribution in [0.15, 0.2) is 5.38 Å². The number of anilines is 1. The van der Waals surface area contributed by atoms with Gasteiger partial charge in [0.25, 0.3) is 0 Å². The van der Waals surface area contributed by atoms with Crippen molar-refractivity contribution in [1.82, 2.24) is 10.3 Å². The first-order chi connectivity index (χ1) is 6.18. The van der Waals surface area contributed by atoms with Crippen LogP contribution < -0.4 is 16.4 Å². The van der Waals surface area contributed by atoms with E-state index in [2.05, 4.69) is 15.6 Å². The highest BCUT2D eigenvalue weighted by atomic mass is 32.1. The van der Waals surface area contributed by atoms with Crippen molar-refractivity contribution in [1.29, 1.82) is 0 Å². The molecule has 1 rings (SSSR count). The second-order valence-electron chi connectivity index (χ2n) is 2.51. The van der Waals surface area contributed by atoms with Crippen LogP contribution in [0, 0.1) is 6.92 Å². The van der Waals surface area contributed by atoms with Gasteiger partial charge in [-0.1, -0.05) is 0 Å². The van der Waals surface area contributed by atoms with E-state index in [1.165, 1.54) is 0 Å². The Labute approximate surface area is 80.4 Å². The Kier molecular flexibility index (Phi) is 3.51. The van der Waals surface area contributed by atoms with Gasteiger partial charge in [-0.3, -0.25) is 0 Å². The maximum atomic E-state index is 10.3. The molecule has 4 N–H and O–H groups in total. The number of hydrogen-bond donors (Lipinski definition) is 3. The molecule has 2 amide bonds. The van der Waals surface area contributed by atoms with E-state index in [4.69, 9.17) is 5.73 Å². The Morgan fingerprint density at radius 2 is 2.46 bits per heavy atom. The lowest BCUT2D eigenvalue weighted by atomic mass is 10.6. The highest BCUT2D eigenvalue weighted by Crippen LogP contribution is 2.13. The molecule has 1 aromatic rings. The number of carbonyl (C=O) groups is 1. The molecule has 0 spiro atoms. The Balaban J connectivity index is 2.16. The van der Waals surface area contributed by atoms with Crippen molar-refractivity contribution in [3.63, 3.8) is 0 Å². The van der Waals surface area contributed by atoms with Crippen molar-refractivity contribution in [2.75, 3.05) is 18.4 Å². The molecule has 6 heteroatoms. The van der Waals surface area contributed by atoms with Gasteiger partial charge in [0, 0.05) is 18.5 Å². The third-order valence-electron chi connectivity index (χ3n) is 1.32. The minimum absolute atomic E-state index is 0.503. The molecule has 0 saturated carbocycles. The monoisotopic (exact) mass is 200 g/mol. The van der Waals surface area contributed by atoms with Gasteiger partial charge in [0.05, 0.1) is 5.69 Å². The van der Waals surface area contributed by atoms with E-state index in [0.29, 0.717) is 13.1 Å². The molecule has 72 valence electrons. The molecular weight excluding hydrogens is 188 g/mol. The van der Waals surface area contributed by atoms with Gasteiger partial charge < -0.3 is 16.4 Å². The number of primary amides is 1. The minimum atomic E-state index is -0.503. The van der Waals surface area contributed by atoms with E-state index < -0.39 is 6.03 Å². The van der Waals surface area contributed by atoms with Gasteiger partial charge in [0.1, 0.15) is 0 Å². The molecule has 0 aromatic carbocycles. The van der Waals surface area contributed by atoms with Crippen molar-refractivity contribution in [2.24, 2.45) is 5.73 Å². The summed E-state index contributed by atoms with van der Waals surface area (Å²) >= 11 is 1.54. The Morgan fingerprint density at radius 3 is 3.00 bits per heavy atom. The molecule has 0 aliphatic carbocycles. The number of aryl methyl sites for hydroxylation is 1. The molecule has 1 aromatic heterocycles. The van der Waals surface area contributed by atoms with Gasteiger partial charge in [-0.25, -0.2) is 9.78 Å². The van der Waals surface area contributed by atoms with E-state index >= 15 is 0 Å². The van der Waals surface area contributed by atoms with Gasteiger partial charge in [-0.2, -0.15) is 0 Å². The molecule has 13 heavy (non-hydrogen) atoms. The fourth-order valence-electron chi connectivity index (χ4n) is 0.790. The minimum Gasteiger partial charge on any atom is -0.360 e. The molecule has 0 radical (unpaired) electrons. The molecule has 0 aliphatic heterocycles. The fourth-order valence-corrected chi connectivity index (χ4v) is 1.51. The van der Waals surface area contributed by atoms with Crippen LogP contribution in [0.2, 0.25) is 0 Å². The number of carbonyl (C=O) groups excluding carboxylic acids is 1. The van der Waals surface area contributed by atoms with E-state index in [9.17, 15) is 4.79 Å². The lowest BCUT2D eigenvalue weighted by molar-refractivity contribution is 0.249. The Bertz CT molecular complexity index is 286. The first kappa shape index (κ1) is 9.79. The average Bonchev–Trinajstić information content (AvgIpc) is 2.45. The van der Waals surface area contributed by atoms with Gasteiger partial charge in [0.2, 0.25) is 0 Å². The third kappa shape index (κ3) is 3.75. The summed E-state index contributed by atoms with van der Waals surface area (Å²) in [5.74, 6) is 0. The number of aromatic nitrogens is 1. The Hall–Kier alpha value is -1.30. The number of amides is 2. The number of thiazole rings is 1. The largest absolute Gasteiger partial charge is 0.360 e. The molecular formula is C7H12N4OS. The lowest BCUT2D eigenvalue weighted by Gasteiger charge is -2.02. The predicted octanol–water partition coefficient (Wildman–Crippen LogP) is 0.532. The summed E-state index contributed by atoms with van der Waals surface area (Å²) in [6, 6.07) is -0.503. The zero-order chi connectivity index (χ0) is 9.68. The fraction of sp³-hybridized carbons (Fsp3) is 0.429. The molecule has 0 unspecified atom stereocenters. The molecule has 0 atom stereocenters. The van der Waals surface area contributed by atoms with Crippen LogP contribution in [0.1, 0.15) is 5.69 Å². The number of hydrogen-bond acceptors (Lipinski definition) is 4. The quantitative estimate of drug-likeness (QED) is 0.620. The number of urea groups is 1. The highest BCUT2D eigenvalue weighted by molar-refractivity contribution is 7.13. The molecule has 0 aliphatic rings. The van der Waals surface area contributed by atoms with Gasteiger partial charge in [-0.15, -0.1) is 11.3 Å². The van der Waals surface area contributed by atoms with Crippen LogP contribution in [-0.2, 0) is 0 Å². The standard InChI is InChI=1S/C7H12N4OS/c1-5-4-13-7(11-5)10-3-2-9-6(8)12/h4H,2-3H2,1H3,(H,10,11)(H3,8,9,12). The second-order valence-corrected chi connectivity index (χ2v) is 3.37. The van der Waals surface area contributed by atoms with Crippen molar-refractivity contribution >= 4 is 22.5 Å². The number of nitrogens with one attached hydrogen (secondary N) is 2. The number of rotatable bonds is 4. The first-order valence-electron chi connectivity index (χ1n) is 3.88. The number of nitrogens with two attached hydrogens (primary N) is 1. The Morgan fingerprint density at radius 1 is 1.69 bits per heavy atom. The lowest BCUT2D eigenvalue weighted by Crippen LogP contribution is -2.33. The SMILES string of the molecule is Cc1csc(NCCNC(N)=O)n1. The molecule has 0 fully saturated rings. The zero-order valence-electron chi connectivity index (χ0n) is 7.33. The summed E-state index contributed by atoms with van der Waals surface area (Å²) in [6.45, 7) is 3.08. The molecule has 0 bridgehead atoms. The van der Waals surface area contributed by atoms with Crippen LogP contribution in [0.3, 0.4) is 0 Å². The van der Waals surface area contributed by atoms with Crippen LogP contribution in [0.4, 0.5) is 9.93 Å². The van der Waals surface area contributed by atoms with Crippen LogP contribution >= 0.6 is 11.3 Å². The zero-order valence-corrected chi connectivity index (χ0v) is 8.15. The normalized spacial score (nSPS) is 9.62. The van der Waals surface area contributed by atoms with Gasteiger partial charge in [0.15, 0.2) is 5.13 Å². The van der Waals surface area contributed by atoms with Crippen molar-refractivity contribution < 1.29 is 4.79 Å². The predicted molar refractivity (Wildman–Crippen MR) is 52.9 cm³/mol. The first-order valence-corrected chi connectivity index (χ1v) is 4.76. The summed E-state index contributed by atoms with van der Waals surface area (Å²) < 4.78 is 0. The van der Waals surface area contributed by atoms with Crippen LogP contribution in [0.5, 0.6) is 0 Å². The summed E-state index contributed by atoms with van der Waals surface area (Å²) in [7, 11) is 0. The van der Waals surface area contributed by atoms with E-state index in [0.717, 1.165) is 10.8 Å². The average molecular weight is 200 g/mol. The van der Waals surface area contributed by atoms with Gasteiger partial charge >= 0.3 is 6.03 Å². The third-order valence-corrected chi connectivity index (χ3v) is 2.24. The van der Waals surface area contributed by atoms with E-state index in [1.807, 2.05) is 12.3 Å². The second kappa shape index (κ2) is 4.66. The summed E-state index contributed by atoms with van der Waals surface area (Å²) in [6.07, 6.45) is 0. The number of nitrogens with zero attached hydrogens (tertiary/aromatic N) is 1. The summed E-state index contributed by atoms with van der Waals surface area (Å²) in [4.78, 5) is 14.5. The van der Waals surface area contributed by atoms with Gasteiger partial charge in [-0.05, 0) is 6.92 Å². The molecule has 0 saturated heterocycles. The summed E-state index contributed by atoms with van der Waals surface area (Å²) in [5.41, 5.74) is 5.88.